The number of benzene rings is 2. The van der Waals surface area contributed by atoms with Crippen LogP contribution in [-0.2, 0) is 4.79 Å². The zero-order valence-electron chi connectivity index (χ0n) is 12.3. The van der Waals surface area contributed by atoms with Crippen molar-refractivity contribution in [1.82, 2.24) is 0 Å². The minimum atomic E-state index is -1.27. The van der Waals surface area contributed by atoms with Gasteiger partial charge in [0.2, 0.25) is 0 Å². The normalized spacial score (nSPS) is 10.7. The van der Waals surface area contributed by atoms with E-state index in [-0.39, 0.29) is 5.57 Å². The number of hydrogen-bond acceptors (Lipinski definition) is 4. The first kappa shape index (κ1) is 16.1. The Kier molecular flexibility index (Phi) is 5.78. The summed E-state index contributed by atoms with van der Waals surface area (Å²) < 4.78 is 11.1. The van der Waals surface area contributed by atoms with Gasteiger partial charge in [0.15, 0.2) is 0 Å². The highest BCUT2D eigenvalue weighted by Gasteiger charge is 2.08. The van der Waals surface area contributed by atoms with E-state index in [0.29, 0.717) is 24.5 Å². The van der Waals surface area contributed by atoms with Crippen molar-refractivity contribution in [2.24, 2.45) is 0 Å². The Morgan fingerprint density at radius 2 is 1.70 bits per heavy atom. The highest BCUT2D eigenvalue weighted by atomic mass is 16.5. The van der Waals surface area contributed by atoms with Crippen molar-refractivity contribution in [2.45, 2.75) is 0 Å². The lowest BCUT2D eigenvalue weighted by molar-refractivity contribution is -0.132. The first-order valence-electron chi connectivity index (χ1n) is 6.95. The molecule has 0 atom stereocenters. The number of para-hydroxylation sites is 2. The van der Waals surface area contributed by atoms with Crippen LogP contribution in [0.15, 0.2) is 60.2 Å². The van der Waals surface area contributed by atoms with Gasteiger partial charge in [0.25, 0.3) is 0 Å². The van der Waals surface area contributed by atoms with Crippen molar-refractivity contribution in [3.63, 3.8) is 0 Å². The van der Waals surface area contributed by atoms with Gasteiger partial charge in [-0.1, -0.05) is 36.4 Å². The summed E-state index contributed by atoms with van der Waals surface area (Å²) in [4.78, 5) is 10.9. The van der Waals surface area contributed by atoms with E-state index in [1.807, 2.05) is 30.3 Å². The van der Waals surface area contributed by atoms with E-state index in [9.17, 15) is 4.79 Å². The molecule has 0 amide bonds. The molecule has 0 bridgehead atoms. The standard InChI is InChI=1S/C18H15NO4/c19-13-15(18(20)21)12-14-6-4-5-9-17(14)23-11-10-22-16-7-2-1-3-8-16/h1-9,12H,10-11H2,(H,20,21). The molecular weight excluding hydrogens is 294 g/mol. The molecule has 0 fully saturated rings. The molecule has 0 aromatic heterocycles. The van der Waals surface area contributed by atoms with E-state index in [2.05, 4.69) is 0 Å². The van der Waals surface area contributed by atoms with E-state index in [1.165, 1.54) is 6.08 Å². The third-order valence-electron chi connectivity index (χ3n) is 2.92. The molecule has 2 aromatic rings. The zero-order chi connectivity index (χ0) is 16.5. The summed E-state index contributed by atoms with van der Waals surface area (Å²) in [5, 5.41) is 17.7. The summed E-state index contributed by atoms with van der Waals surface area (Å²) in [7, 11) is 0. The van der Waals surface area contributed by atoms with Crippen molar-refractivity contribution in [3.05, 3.63) is 65.7 Å². The van der Waals surface area contributed by atoms with Crippen LogP contribution in [-0.4, -0.2) is 24.3 Å². The maximum absolute atomic E-state index is 10.9. The summed E-state index contributed by atoms with van der Waals surface area (Å²) in [5.41, 5.74) is 0.188. The Morgan fingerprint density at radius 1 is 1.04 bits per heavy atom. The van der Waals surface area contributed by atoms with Gasteiger partial charge < -0.3 is 14.6 Å². The predicted octanol–water partition coefficient (Wildman–Crippen LogP) is 3.14. The fourth-order valence-corrected chi connectivity index (χ4v) is 1.86. The number of carbonyl (C=O) groups is 1. The molecule has 5 heteroatoms. The largest absolute Gasteiger partial charge is 0.490 e. The first-order valence-corrected chi connectivity index (χ1v) is 6.95. The van der Waals surface area contributed by atoms with Crippen LogP contribution in [0.2, 0.25) is 0 Å². The van der Waals surface area contributed by atoms with Crippen LogP contribution in [0.1, 0.15) is 5.56 Å². The predicted molar refractivity (Wildman–Crippen MR) is 85.1 cm³/mol. The number of nitriles is 1. The van der Waals surface area contributed by atoms with Gasteiger partial charge in [-0.2, -0.15) is 5.26 Å². The molecule has 0 spiro atoms. The van der Waals surface area contributed by atoms with Crippen LogP contribution >= 0.6 is 0 Å². The highest BCUT2D eigenvalue weighted by molar-refractivity contribution is 5.96. The number of carboxylic acid groups (broad SMARTS) is 1. The Hall–Kier alpha value is -3.26. The second kappa shape index (κ2) is 8.25. The summed E-state index contributed by atoms with van der Waals surface area (Å²) in [6.45, 7) is 0.654. The average Bonchev–Trinajstić information content (AvgIpc) is 2.58. The third kappa shape index (κ3) is 4.90. The van der Waals surface area contributed by atoms with Gasteiger partial charge in [-0.15, -0.1) is 0 Å². The van der Waals surface area contributed by atoms with E-state index in [4.69, 9.17) is 19.8 Å². The Labute approximate surface area is 134 Å². The van der Waals surface area contributed by atoms with Gasteiger partial charge in [-0.05, 0) is 24.3 Å². The molecule has 0 radical (unpaired) electrons. The molecule has 0 aliphatic rings. The van der Waals surface area contributed by atoms with Crippen molar-refractivity contribution < 1.29 is 19.4 Å². The van der Waals surface area contributed by atoms with E-state index < -0.39 is 5.97 Å². The van der Waals surface area contributed by atoms with Crippen LogP contribution < -0.4 is 9.47 Å². The second-order valence-corrected chi connectivity index (χ2v) is 4.52. The van der Waals surface area contributed by atoms with Crippen LogP contribution in [0, 0.1) is 11.3 Å². The summed E-state index contributed by atoms with van der Waals surface area (Å²) in [5.74, 6) is -0.0187. The van der Waals surface area contributed by atoms with Crippen molar-refractivity contribution in [1.29, 1.82) is 5.26 Å². The molecule has 2 aromatic carbocycles. The topological polar surface area (TPSA) is 79.5 Å². The van der Waals surface area contributed by atoms with Crippen LogP contribution in [0.4, 0.5) is 0 Å². The fraction of sp³-hybridized carbons (Fsp3) is 0.111. The van der Waals surface area contributed by atoms with Gasteiger partial charge in [-0.25, -0.2) is 4.79 Å². The van der Waals surface area contributed by atoms with Crippen LogP contribution in [0.3, 0.4) is 0 Å². The number of nitrogens with zero attached hydrogens (tertiary/aromatic N) is 1. The Bertz CT molecular complexity index is 732. The molecule has 23 heavy (non-hydrogen) atoms. The number of ether oxygens (including phenoxy) is 2. The van der Waals surface area contributed by atoms with E-state index >= 15 is 0 Å². The zero-order valence-corrected chi connectivity index (χ0v) is 12.3. The fourth-order valence-electron chi connectivity index (χ4n) is 1.86. The number of carboxylic acids is 1. The number of rotatable bonds is 7. The maximum Gasteiger partial charge on any atom is 0.346 e. The Balaban J connectivity index is 1.98. The molecule has 116 valence electrons. The van der Waals surface area contributed by atoms with Gasteiger partial charge in [-0.3, -0.25) is 0 Å². The summed E-state index contributed by atoms with van der Waals surface area (Å²) in [6.07, 6.45) is 1.29. The monoisotopic (exact) mass is 309 g/mol. The lowest BCUT2D eigenvalue weighted by atomic mass is 10.1. The SMILES string of the molecule is N#CC(=Cc1ccccc1OCCOc1ccccc1)C(=O)O. The maximum atomic E-state index is 10.9. The first-order chi connectivity index (χ1) is 11.2. The number of aliphatic carboxylic acids is 1. The molecular formula is C18H15NO4. The molecule has 1 N–H and O–H groups in total. The molecule has 0 heterocycles. The summed E-state index contributed by atoms with van der Waals surface area (Å²) >= 11 is 0. The second-order valence-electron chi connectivity index (χ2n) is 4.52. The van der Waals surface area contributed by atoms with Crippen molar-refractivity contribution in [2.75, 3.05) is 13.2 Å². The number of hydrogen-bond donors (Lipinski definition) is 1. The molecule has 2 rings (SSSR count). The van der Waals surface area contributed by atoms with E-state index in [1.54, 1.807) is 30.3 Å². The van der Waals surface area contributed by atoms with Crippen LogP contribution in [0.25, 0.3) is 6.08 Å². The molecule has 0 aliphatic heterocycles. The van der Waals surface area contributed by atoms with Crippen molar-refractivity contribution >= 4 is 12.0 Å². The van der Waals surface area contributed by atoms with Crippen LogP contribution in [0.5, 0.6) is 11.5 Å². The lowest BCUT2D eigenvalue weighted by Crippen LogP contribution is -2.09. The van der Waals surface area contributed by atoms with Gasteiger partial charge in [0.1, 0.15) is 36.4 Å². The van der Waals surface area contributed by atoms with E-state index in [0.717, 1.165) is 5.75 Å². The molecule has 0 unspecified atom stereocenters. The summed E-state index contributed by atoms with van der Waals surface area (Å²) in [6, 6.07) is 17.9. The van der Waals surface area contributed by atoms with Gasteiger partial charge in [0.05, 0.1) is 0 Å². The molecule has 5 nitrogen and oxygen atoms in total. The third-order valence-corrected chi connectivity index (χ3v) is 2.92. The van der Waals surface area contributed by atoms with Gasteiger partial charge >= 0.3 is 5.97 Å². The smallest absolute Gasteiger partial charge is 0.346 e. The Morgan fingerprint density at radius 3 is 2.39 bits per heavy atom. The average molecular weight is 309 g/mol. The minimum absolute atomic E-state index is 0.300. The molecule has 0 saturated heterocycles. The lowest BCUT2D eigenvalue weighted by Gasteiger charge is -2.10. The molecule has 0 saturated carbocycles. The van der Waals surface area contributed by atoms with Crippen molar-refractivity contribution in [3.8, 4) is 17.6 Å². The molecule has 0 aliphatic carbocycles. The minimum Gasteiger partial charge on any atom is -0.490 e. The highest BCUT2D eigenvalue weighted by Crippen LogP contribution is 2.21. The quantitative estimate of drug-likeness (QED) is 0.483. The van der Waals surface area contributed by atoms with Gasteiger partial charge in [0, 0.05) is 5.56 Å².